The standard InChI is InChI=1S/C48H66Cl2FN5O9/c1-46(2,3)65-45(60)52-20-23-61-24-25-62-26-27-63-28-29-64-34-16-21-56(22-17-34)43(58)31-10-13-33(14-11-31)53-42(57)41-39(35-8-7-9-37(50)40(35)51)48(47(55-41)18-5-4-6-19-47)36-15-12-32(49)30-38(36)54-44(48)59/h7-9,12,15,30-31,33-34,39,41,55H,4-6,10-11,13-14,16-29H2,1-3H3,(H,52,60)(H,53,57)(H,54,59)/t31?,33?,39-,41+,48+/m0/s1. The van der Waals surface area contributed by atoms with Gasteiger partial charge in [-0.2, -0.15) is 0 Å². The fourth-order valence-corrected chi connectivity index (χ4v) is 11.2. The molecule has 0 radical (unpaired) electrons. The molecule has 4 amide bonds. The van der Waals surface area contributed by atoms with Gasteiger partial charge in [-0.1, -0.05) is 60.7 Å². The molecule has 65 heavy (non-hydrogen) atoms. The minimum absolute atomic E-state index is 0.0636. The summed E-state index contributed by atoms with van der Waals surface area (Å²) in [5.41, 5.74) is -1.13. The van der Waals surface area contributed by atoms with Gasteiger partial charge in [0.05, 0.1) is 63.4 Å². The second kappa shape index (κ2) is 22.0. The van der Waals surface area contributed by atoms with Crippen LogP contribution in [0.4, 0.5) is 14.9 Å². The lowest BCUT2D eigenvalue weighted by Crippen LogP contribution is -2.60. The van der Waals surface area contributed by atoms with Gasteiger partial charge in [0, 0.05) is 53.8 Å². The third-order valence-corrected chi connectivity index (χ3v) is 14.2. The summed E-state index contributed by atoms with van der Waals surface area (Å²) in [6, 6.07) is 9.04. The number of hydrogen-bond donors (Lipinski definition) is 4. The van der Waals surface area contributed by atoms with Crippen molar-refractivity contribution >= 4 is 52.7 Å². The normalized spacial score (nSPS) is 25.4. The minimum atomic E-state index is -1.29. The Kier molecular flexibility index (Phi) is 16.7. The number of nitrogens with zero attached hydrogens (tertiary/aromatic N) is 1. The predicted molar refractivity (Wildman–Crippen MR) is 245 cm³/mol. The van der Waals surface area contributed by atoms with Crippen LogP contribution in [0.5, 0.6) is 0 Å². The van der Waals surface area contributed by atoms with E-state index >= 15 is 4.39 Å². The van der Waals surface area contributed by atoms with Gasteiger partial charge in [-0.25, -0.2) is 9.18 Å². The van der Waals surface area contributed by atoms with Crippen LogP contribution < -0.4 is 21.3 Å². The topological polar surface area (TPSA) is 166 Å². The lowest BCUT2D eigenvalue weighted by molar-refractivity contribution is -0.139. The summed E-state index contributed by atoms with van der Waals surface area (Å²) in [5, 5.41) is 13.1. The second-order valence-corrected chi connectivity index (χ2v) is 19.9. The van der Waals surface area contributed by atoms with E-state index in [0.717, 1.165) is 32.1 Å². The number of halogens is 3. The van der Waals surface area contributed by atoms with E-state index < -0.39 is 40.4 Å². The van der Waals surface area contributed by atoms with Crippen molar-refractivity contribution in [1.82, 2.24) is 20.9 Å². The summed E-state index contributed by atoms with van der Waals surface area (Å²) in [4.78, 5) is 56.6. The zero-order valence-corrected chi connectivity index (χ0v) is 39.5. The van der Waals surface area contributed by atoms with E-state index in [0.29, 0.717) is 121 Å². The Hall–Kier alpha value is -3.57. The lowest BCUT2D eigenvalue weighted by atomic mass is 9.55. The van der Waals surface area contributed by atoms with Gasteiger partial charge in [-0.3, -0.25) is 19.7 Å². The zero-order chi connectivity index (χ0) is 46.2. The number of ether oxygens (including phenoxy) is 5. The van der Waals surface area contributed by atoms with Gasteiger partial charge in [0.15, 0.2) is 0 Å². The van der Waals surface area contributed by atoms with Crippen molar-refractivity contribution in [3.05, 3.63) is 63.4 Å². The van der Waals surface area contributed by atoms with Crippen LogP contribution in [0, 0.1) is 11.7 Å². The number of likely N-dealkylation sites (tertiary alicyclic amines) is 1. The summed E-state index contributed by atoms with van der Waals surface area (Å²) in [6.07, 6.45) is 7.69. The maximum atomic E-state index is 16.3. The van der Waals surface area contributed by atoms with Crippen molar-refractivity contribution < 1.29 is 47.3 Å². The molecule has 3 heterocycles. The van der Waals surface area contributed by atoms with Gasteiger partial charge < -0.3 is 44.5 Å². The van der Waals surface area contributed by atoms with Gasteiger partial charge in [0.25, 0.3) is 0 Å². The molecular weight excluding hydrogens is 880 g/mol. The van der Waals surface area contributed by atoms with E-state index in [2.05, 4.69) is 21.3 Å². The van der Waals surface area contributed by atoms with Crippen molar-refractivity contribution in [3.8, 4) is 0 Å². The highest BCUT2D eigenvalue weighted by molar-refractivity contribution is 6.31. The first kappa shape index (κ1) is 49.3. The van der Waals surface area contributed by atoms with Crippen LogP contribution in [-0.4, -0.2) is 124 Å². The number of benzene rings is 2. The minimum Gasteiger partial charge on any atom is -0.444 e. The Morgan fingerprint density at radius 1 is 0.862 bits per heavy atom. The Morgan fingerprint density at radius 3 is 2.20 bits per heavy atom. The number of fused-ring (bicyclic) bond motifs is 3. The highest BCUT2D eigenvalue weighted by Gasteiger charge is 2.72. The van der Waals surface area contributed by atoms with Gasteiger partial charge in [0.2, 0.25) is 17.7 Å². The number of carbonyl (C=O) groups excluding carboxylic acids is 4. The van der Waals surface area contributed by atoms with Crippen molar-refractivity contribution in [2.75, 3.05) is 71.2 Å². The molecule has 358 valence electrons. The average molecular weight is 947 g/mol. The molecule has 5 aliphatic rings. The molecule has 4 fully saturated rings. The fourth-order valence-electron chi connectivity index (χ4n) is 10.8. The number of hydrogen-bond acceptors (Lipinski definition) is 10. The molecule has 0 aromatic heterocycles. The molecule has 2 saturated carbocycles. The summed E-state index contributed by atoms with van der Waals surface area (Å²) in [5.74, 6) is -2.06. The summed E-state index contributed by atoms with van der Waals surface area (Å²) in [7, 11) is 0. The van der Waals surface area contributed by atoms with Gasteiger partial charge >= 0.3 is 6.09 Å². The van der Waals surface area contributed by atoms with E-state index in [1.807, 2.05) is 31.7 Å². The van der Waals surface area contributed by atoms with Crippen LogP contribution >= 0.6 is 23.2 Å². The van der Waals surface area contributed by atoms with Gasteiger partial charge in [0.1, 0.15) is 16.8 Å². The number of amides is 4. The summed E-state index contributed by atoms with van der Waals surface area (Å²) < 4.78 is 44.2. The molecule has 17 heteroatoms. The molecule has 2 aromatic carbocycles. The van der Waals surface area contributed by atoms with Crippen LogP contribution in [0.1, 0.15) is 108 Å². The summed E-state index contributed by atoms with van der Waals surface area (Å²) >= 11 is 12.8. The van der Waals surface area contributed by atoms with Crippen LogP contribution in [0.2, 0.25) is 10.0 Å². The maximum Gasteiger partial charge on any atom is 0.407 e. The first-order chi connectivity index (χ1) is 31.2. The summed E-state index contributed by atoms with van der Waals surface area (Å²) in [6.45, 7) is 10.0. The van der Waals surface area contributed by atoms with Crippen molar-refractivity contribution in [3.63, 3.8) is 0 Å². The molecular formula is C48H66Cl2FN5O9. The highest BCUT2D eigenvalue weighted by Crippen LogP contribution is 2.62. The number of piperidine rings is 1. The van der Waals surface area contributed by atoms with Crippen LogP contribution in [0.25, 0.3) is 0 Å². The number of alkyl carbamates (subject to hydrolysis) is 1. The molecule has 4 N–H and O–H groups in total. The zero-order valence-electron chi connectivity index (χ0n) is 38.0. The third-order valence-electron chi connectivity index (χ3n) is 13.7. The predicted octanol–water partition coefficient (Wildman–Crippen LogP) is 7.04. The first-order valence-corrected chi connectivity index (χ1v) is 24.2. The molecule has 0 bridgehead atoms. The van der Waals surface area contributed by atoms with E-state index in [1.165, 1.54) is 6.07 Å². The van der Waals surface area contributed by atoms with E-state index in [-0.39, 0.29) is 46.4 Å². The second-order valence-electron chi connectivity index (χ2n) is 19.1. The van der Waals surface area contributed by atoms with Crippen LogP contribution in [0.15, 0.2) is 36.4 Å². The Labute approximate surface area is 392 Å². The number of nitrogens with one attached hydrogen (secondary N) is 4. The number of anilines is 1. The Balaban J connectivity index is 0.837. The monoisotopic (exact) mass is 945 g/mol. The fraction of sp³-hybridized carbons (Fsp3) is 0.667. The molecule has 2 aliphatic carbocycles. The SMILES string of the molecule is CC(C)(C)OC(=O)NCCOCCOCCOCCOC1CCN(C(=O)C2CCC(NC(=O)[C@@H]3NC4(CCCCC4)[C@@]4(C(=O)Nc5cc(Cl)ccc54)[C@H]3c3cccc(Cl)c3F)CC2)CC1. The highest BCUT2D eigenvalue weighted by atomic mass is 35.5. The van der Waals surface area contributed by atoms with Crippen molar-refractivity contribution in [2.24, 2.45) is 5.92 Å². The molecule has 2 aromatic rings. The first-order valence-electron chi connectivity index (χ1n) is 23.5. The third kappa shape index (κ3) is 11.4. The molecule has 7 rings (SSSR count). The van der Waals surface area contributed by atoms with Crippen LogP contribution in [0.3, 0.4) is 0 Å². The smallest absolute Gasteiger partial charge is 0.407 e. The molecule has 14 nitrogen and oxygen atoms in total. The Morgan fingerprint density at radius 2 is 1.52 bits per heavy atom. The molecule has 2 spiro atoms. The number of rotatable bonds is 17. The Bertz CT molecular complexity index is 1980. The number of carbonyl (C=O) groups is 4. The van der Waals surface area contributed by atoms with Crippen molar-refractivity contribution in [1.29, 1.82) is 0 Å². The molecule has 2 saturated heterocycles. The molecule has 0 unspecified atom stereocenters. The van der Waals surface area contributed by atoms with Gasteiger partial charge in [-0.15, -0.1) is 0 Å². The molecule has 3 atom stereocenters. The van der Waals surface area contributed by atoms with Crippen molar-refractivity contribution in [2.45, 2.75) is 132 Å². The van der Waals surface area contributed by atoms with Crippen LogP contribution in [-0.2, 0) is 43.5 Å². The largest absolute Gasteiger partial charge is 0.444 e. The maximum absolute atomic E-state index is 16.3. The average Bonchev–Trinajstić information content (AvgIpc) is 3.73. The quantitative estimate of drug-likeness (QED) is 0.121. The van der Waals surface area contributed by atoms with E-state index in [1.54, 1.807) is 24.3 Å². The van der Waals surface area contributed by atoms with E-state index in [9.17, 15) is 19.2 Å². The van der Waals surface area contributed by atoms with E-state index in [4.69, 9.17) is 46.9 Å². The van der Waals surface area contributed by atoms with Gasteiger partial charge in [-0.05, 0) is 101 Å². The lowest BCUT2D eigenvalue weighted by Gasteiger charge is -2.47. The molecule has 3 aliphatic heterocycles.